The molecule has 1 aliphatic rings. The summed E-state index contributed by atoms with van der Waals surface area (Å²) in [6.07, 6.45) is 1.86. The van der Waals surface area contributed by atoms with Crippen LogP contribution in [-0.2, 0) is 6.54 Å². The highest BCUT2D eigenvalue weighted by Gasteiger charge is 2.22. The molecule has 3 rings (SSSR count). The summed E-state index contributed by atoms with van der Waals surface area (Å²) in [4.78, 5) is 9.37. The third kappa shape index (κ3) is 4.30. The molecule has 0 saturated carbocycles. The quantitative estimate of drug-likeness (QED) is 0.691. The molecule has 1 aliphatic heterocycles. The number of aromatic nitrogens is 1. The fourth-order valence-corrected chi connectivity index (χ4v) is 3.96. The van der Waals surface area contributed by atoms with Crippen molar-refractivity contribution in [1.29, 1.82) is 0 Å². The molecular weight excluding hydrogens is 410 g/mol. The highest BCUT2D eigenvalue weighted by atomic mass is 79.9. The summed E-state index contributed by atoms with van der Waals surface area (Å²) in [7, 11) is 4.94. The first kappa shape index (κ1) is 19.8. The van der Waals surface area contributed by atoms with Crippen LogP contribution in [0.15, 0.2) is 28.9 Å². The van der Waals surface area contributed by atoms with E-state index in [4.69, 9.17) is 14.2 Å². The van der Waals surface area contributed by atoms with E-state index in [1.54, 1.807) is 21.3 Å². The van der Waals surface area contributed by atoms with Gasteiger partial charge < -0.3 is 19.1 Å². The maximum absolute atomic E-state index is 5.61. The molecule has 0 radical (unpaired) electrons. The van der Waals surface area contributed by atoms with Gasteiger partial charge in [0, 0.05) is 49.0 Å². The van der Waals surface area contributed by atoms with Crippen LogP contribution in [-0.4, -0.2) is 57.4 Å². The second-order valence-electron chi connectivity index (χ2n) is 6.55. The van der Waals surface area contributed by atoms with Gasteiger partial charge in [-0.3, -0.25) is 4.90 Å². The lowest BCUT2D eigenvalue weighted by molar-refractivity contribution is 0.243. The van der Waals surface area contributed by atoms with E-state index in [0.29, 0.717) is 11.5 Å². The van der Waals surface area contributed by atoms with Crippen LogP contribution < -0.4 is 19.1 Å². The predicted molar refractivity (Wildman–Crippen MR) is 110 cm³/mol. The zero-order valence-electron chi connectivity index (χ0n) is 16.3. The van der Waals surface area contributed by atoms with Crippen LogP contribution in [0.4, 0.5) is 5.82 Å². The summed E-state index contributed by atoms with van der Waals surface area (Å²) < 4.78 is 17.5. The Kier molecular flexibility index (Phi) is 6.44. The molecule has 1 aromatic carbocycles. The van der Waals surface area contributed by atoms with E-state index in [1.165, 1.54) is 5.56 Å². The van der Waals surface area contributed by atoms with E-state index in [0.717, 1.165) is 54.3 Å². The van der Waals surface area contributed by atoms with Crippen LogP contribution >= 0.6 is 15.9 Å². The SMILES string of the molecule is COc1ccc(CN2CCN(c3ncc(Br)cc3C)CC2)c(OC)c1OC. The second-order valence-corrected chi connectivity index (χ2v) is 7.47. The lowest BCUT2D eigenvalue weighted by Gasteiger charge is -2.36. The Bertz CT molecular complexity index is 792. The Hall–Kier alpha value is -1.99. The number of benzene rings is 1. The van der Waals surface area contributed by atoms with Crippen molar-refractivity contribution in [2.24, 2.45) is 0 Å². The maximum atomic E-state index is 5.61. The Morgan fingerprint density at radius 1 is 1.00 bits per heavy atom. The van der Waals surface area contributed by atoms with Gasteiger partial charge in [-0.05, 0) is 40.5 Å². The minimum Gasteiger partial charge on any atom is -0.493 e. The number of hydrogen-bond donors (Lipinski definition) is 0. The average molecular weight is 436 g/mol. The molecule has 1 saturated heterocycles. The fourth-order valence-electron chi connectivity index (χ4n) is 3.51. The van der Waals surface area contributed by atoms with Crippen molar-refractivity contribution in [2.75, 3.05) is 52.4 Å². The molecule has 146 valence electrons. The lowest BCUT2D eigenvalue weighted by Crippen LogP contribution is -2.46. The molecule has 0 aliphatic carbocycles. The molecule has 0 spiro atoms. The molecular formula is C20H26BrN3O3. The Morgan fingerprint density at radius 2 is 1.70 bits per heavy atom. The number of halogens is 1. The van der Waals surface area contributed by atoms with Gasteiger partial charge in [-0.1, -0.05) is 6.07 Å². The van der Waals surface area contributed by atoms with Gasteiger partial charge in [-0.2, -0.15) is 0 Å². The highest BCUT2D eigenvalue weighted by molar-refractivity contribution is 9.10. The molecule has 6 nitrogen and oxygen atoms in total. The highest BCUT2D eigenvalue weighted by Crippen LogP contribution is 2.40. The standard InChI is InChI=1S/C20H26BrN3O3/c1-14-11-16(21)12-22-20(14)24-9-7-23(8-10-24)13-15-5-6-17(25-2)19(27-4)18(15)26-3/h5-6,11-12H,7-10,13H2,1-4H3. The summed E-state index contributed by atoms with van der Waals surface area (Å²) in [6, 6.07) is 6.10. The summed E-state index contributed by atoms with van der Waals surface area (Å²) in [5, 5.41) is 0. The van der Waals surface area contributed by atoms with Crippen LogP contribution in [0.3, 0.4) is 0 Å². The normalized spacial score (nSPS) is 14.9. The fraction of sp³-hybridized carbons (Fsp3) is 0.450. The zero-order chi connectivity index (χ0) is 19.4. The smallest absolute Gasteiger partial charge is 0.203 e. The van der Waals surface area contributed by atoms with Crippen molar-refractivity contribution in [3.8, 4) is 17.2 Å². The molecule has 0 amide bonds. The summed E-state index contributed by atoms with van der Waals surface area (Å²) >= 11 is 3.48. The van der Waals surface area contributed by atoms with Crippen molar-refractivity contribution in [3.63, 3.8) is 0 Å². The first-order chi connectivity index (χ1) is 13.1. The monoisotopic (exact) mass is 435 g/mol. The van der Waals surface area contributed by atoms with E-state index in [2.05, 4.69) is 43.7 Å². The summed E-state index contributed by atoms with van der Waals surface area (Å²) in [5.74, 6) is 3.14. The molecule has 7 heteroatoms. The van der Waals surface area contributed by atoms with Gasteiger partial charge in [0.25, 0.3) is 0 Å². The summed E-state index contributed by atoms with van der Waals surface area (Å²) in [5.41, 5.74) is 2.29. The van der Waals surface area contributed by atoms with Gasteiger partial charge >= 0.3 is 0 Å². The van der Waals surface area contributed by atoms with Crippen LogP contribution in [0.25, 0.3) is 0 Å². The third-order valence-corrected chi connectivity index (χ3v) is 5.30. The van der Waals surface area contributed by atoms with Crippen LogP contribution in [0.5, 0.6) is 17.2 Å². The minimum atomic E-state index is 0.644. The molecule has 1 fully saturated rings. The van der Waals surface area contributed by atoms with Gasteiger partial charge in [-0.15, -0.1) is 0 Å². The third-order valence-electron chi connectivity index (χ3n) is 4.87. The molecule has 27 heavy (non-hydrogen) atoms. The van der Waals surface area contributed by atoms with Crippen LogP contribution in [0.1, 0.15) is 11.1 Å². The first-order valence-corrected chi connectivity index (χ1v) is 9.74. The second kappa shape index (κ2) is 8.80. The molecule has 2 heterocycles. The number of anilines is 1. The van der Waals surface area contributed by atoms with E-state index in [-0.39, 0.29) is 0 Å². The molecule has 0 bridgehead atoms. The number of piperazine rings is 1. The van der Waals surface area contributed by atoms with Crippen molar-refractivity contribution in [3.05, 3.63) is 40.0 Å². The number of pyridine rings is 1. The van der Waals surface area contributed by atoms with Gasteiger partial charge in [0.2, 0.25) is 5.75 Å². The average Bonchev–Trinajstić information content (AvgIpc) is 2.68. The van der Waals surface area contributed by atoms with Gasteiger partial charge in [0.15, 0.2) is 11.5 Å². The number of methoxy groups -OCH3 is 3. The number of aryl methyl sites for hydroxylation is 1. The number of rotatable bonds is 6. The van der Waals surface area contributed by atoms with Crippen molar-refractivity contribution in [2.45, 2.75) is 13.5 Å². The molecule has 0 unspecified atom stereocenters. The first-order valence-electron chi connectivity index (χ1n) is 8.94. The van der Waals surface area contributed by atoms with E-state index >= 15 is 0 Å². The summed E-state index contributed by atoms with van der Waals surface area (Å²) in [6.45, 7) is 6.75. The van der Waals surface area contributed by atoms with Crippen molar-refractivity contribution < 1.29 is 14.2 Å². The molecule has 0 N–H and O–H groups in total. The van der Waals surface area contributed by atoms with Crippen LogP contribution in [0, 0.1) is 6.92 Å². The largest absolute Gasteiger partial charge is 0.493 e. The number of ether oxygens (including phenoxy) is 3. The van der Waals surface area contributed by atoms with E-state index in [9.17, 15) is 0 Å². The van der Waals surface area contributed by atoms with Gasteiger partial charge in [0.05, 0.1) is 21.3 Å². The molecule has 0 atom stereocenters. The van der Waals surface area contributed by atoms with Crippen molar-refractivity contribution in [1.82, 2.24) is 9.88 Å². The van der Waals surface area contributed by atoms with Gasteiger partial charge in [-0.25, -0.2) is 4.98 Å². The molecule has 2 aromatic rings. The Labute approximate surface area is 169 Å². The van der Waals surface area contributed by atoms with Gasteiger partial charge in [0.1, 0.15) is 5.82 Å². The molecule has 1 aromatic heterocycles. The number of nitrogens with zero attached hydrogens (tertiary/aromatic N) is 3. The van der Waals surface area contributed by atoms with E-state index < -0.39 is 0 Å². The predicted octanol–water partition coefficient (Wildman–Crippen LogP) is 3.50. The Balaban J connectivity index is 1.69. The lowest BCUT2D eigenvalue weighted by atomic mass is 10.1. The van der Waals surface area contributed by atoms with E-state index in [1.807, 2.05) is 18.3 Å². The number of hydrogen-bond acceptors (Lipinski definition) is 6. The maximum Gasteiger partial charge on any atom is 0.203 e. The van der Waals surface area contributed by atoms with Crippen LogP contribution in [0.2, 0.25) is 0 Å². The topological polar surface area (TPSA) is 47.1 Å². The zero-order valence-corrected chi connectivity index (χ0v) is 17.9. The Morgan fingerprint density at radius 3 is 2.30 bits per heavy atom. The minimum absolute atomic E-state index is 0.644. The van der Waals surface area contributed by atoms with Crippen molar-refractivity contribution >= 4 is 21.7 Å².